The van der Waals surface area contributed by atoms with Crippen LogP contribution < -0.4 is 5.73 Å². The zero-order valence-corrected chi connectivity index (χ0v) is 11.9. The molecule has 0 aliphatic carbocycles. The van der Waals surface area contributed by atoms with Crippen LogP contribution >= 0.6 is 35.0 Å². The molecule has 1 rings (SSSR count). The van der Waals surface area contributed by atoms with Crippen molar-refractivity contribution in [2.75, 3.05) is 12.3 Å². The van der Waals surface area contributed by atoms with Gasteiger partial charge in [0.15, 0.2) is 0 Å². The highest BCUT2D eigenvalue weighted by molar-refractivity contribution is 7.99. The number of thioether (sulfide) groups is 1. The van der Waals surface area contributed by atoms with Gasteiger partial charge >= 0.3 is 0 Å². The maximum absolute atomic E-state index is 5.94. The summed E-state index contributed by atoms with van der Waals surface area (Å²) < 4.78 is 0. The van der Waals surface area contributed by atoms with E-state index < -0.39 is 0 Å². The molecule has 0 aromatic heterocycles. The van der Waals surface area contributed by atoms with Crippen LogP contribution in [0.4, 0.5) is 0 Å². The summed E-state index contributed by atoms with van der Waals surface area (Å²) in [6, 6.07) is 5.73. The largest absolute Gasteiger partial charge is 0.330 e. The Balaban J connectivity index is 2.46. The first-order chi connectivity index (χ1) is 7.44. The van der Waals surface area contributed by atoms with E-state index in [1.165, 1.54) is 0 Å². The van der Waals surface area contributed by atoms with Crippen molar-refractivity contribution in [3.05, 3.63) is 28.2 Å². The Morgan fingerprint density at radius 2 is 1.94 bits per heavy atom. The lowest BCUT2D eigenvalue weighted by molar-refractivity contribution is 0.368. The lowest BCUT2D eigenvalue weighted by atomic mass is 9.91. The van der Waals surface area contributed by atoms with Gasteiger partial charge in [-0.05, 0) is 42.3 Å². The molecule has 0 saturated heterocycles. The maximum atomic E-state index is 5.94. The third-order valence-corrected chi connectivity index (χ3v) is 4.23. The number of rotatable bonds is 5. The fraction of sp³-hybridized carbons (Fsp3) is 0.500. The standard InChI is InChI=1S/C12H17Cl2NS/c1-12(2,8-15)5-6-16-9-3-4-10(13)11(14)7-9/h3-4,7H,5-6,8,15H2,1-2H3. The summed E-state index contributed by atoms with van der Waals surface area (Å²) in [6.45, 7) is 5.08. The molecular weight excluding hydrogens is 261 g/mol. The summed E-state index contributed by atoms with van der Waals surface area (Å²) >= 11 is 13.6. The molecule has 0 heterocycles. The molecule has 0 fully saturated rings. The molecule has 0 amide bonds. The third kappa shape index (κ3) is 4.54. The second-order valence-electron chi connectivity index (χ2n) is 4.54. The van der Waals surface area contributed by atoms with Gasteiger partial charge in [0.2, 0.25) is 0 Å². The Labute approximate surface area is 112 Å². The van der Waals surface area contributed by atoms with E-state index in [-0.39, 0.29) is 5.41 Å². The van der Waals surface area contributed by atoms with Gasteiger partial charge in [-0.25, -0.2) is 0 Å². The van der Waals surface area contributed by atoms with Crippen LogP contribution in [0.1, 0.15) is 20.3 Å². The zero-order chi connectivity index (χ0) is 12.2. The van der Waals surface area contributed by atoms with Gasteiger partial charge in [0, 0.05) is 4.90 Å². The van der Waals surface area contributed by atoms with Crippen LogP contribution in [0.3, 0.4) is 0 Å². The van der Waals surface area contributed by atoms with E-state index in [9.17, 15) is 0 Å². The number of halogens is 2. The molecular formula is C12H17Cl2NS. The monoisotopic (exact) mass is 277 g/mol. The minimum absolute atomic E-state index is 0.212. The van der Waals surface area contributed by atoms with E-state index in [2.05, 4.69) is 13.8 Å². The van der Waals surface area contributed by atoms with Crippen molar-refractivity contribution in [3.8, 4) is 0 Å². The lowest BCUT2D eigenvalue weighted by Crippen LogP contribution is -2.23. The van der Waals surface area contributed by atoms with Crippen LogP contribution in [0, 0.1) is 5.41 Å². The van der Waals surface area contributed by atoms with Crippen LogP contribution in [0.5, 0.6) is 0 Å². The van der Waals surface area contributed by atoms with Gasteiger partial charge in [0.05, 0.1) is 10.0 Å². The van der Waals surface area contributed by atoms with Crippen LogP contribution in [-0.2, 0) is 0 Å². The summed E-state index contributed by atoms with van der Waals surface area (Å²) in [5.74, 6) is 1.04. The molecule has 0 spiro atoms. The van der Waals surface area contributed by atoms with Crippen LogP contribution in [-0.4, -0.2) is 12.3 Å². The highest BCUT2D eigenvalue weighted by Gasteiger charge is 2.14. The second-order valence-corrected chi connectivity index (χ2v) is 6.53. The number of benzene rings is 1. The van der Waals surface area contributed by atoms with E-state index >= 15 is 0 Å². The molecule has 0 bridgehead atoms. The molecule has 0 atom stereocenters. The summed E-state index contributed by atoms with van der Waals surface area (Å²) in [4.78, 5) is 1.15. The molecule has 0 radical (unpaired) electrons. The molecule has 4 heteroatoms. The molecule has 2 N–H and O–H groups in total. The normalized spacial score (nSPS) is 11.8. The second kappa shape index (κ2) is 6.15. The van der Waals surface area contributed by atoms with Gasteiger partial charge in [-0.2, -0.15) is 0 Å². The molecule has 1 aromatic carbocycles. The van der Waals surface area contributed by atoms with Gasteiger partial charge in [-0.1, -0.05) is 37.0 Å². The Morgan fingerprint density at radius 3 is 2.50 bits per heavy atom. The van der Waals surface area contributed by atoms with Gasteiger partial charge in [0.25, 0.3) is 0 Å². The predicted octanol–water partition coefficient (Wildman–Crippen LogP) is 4.46. The molecule has 0 aliphatic rings. The first kappa shape index (κ1) is 14.2. The summed E-state index contributed by atoms with van der Waals surface area (Å²) in [5.41, 5.74) is 5.89. The number of nitrogens with two attached hydrogens (primary N) is 1. The van der Waals surface area contributed by atoms with Crippen LogP contribution in [0.2, 0.25) is 10.0 Å². The van der Waals surface area contributed by atoms with Crippen LogP contribution in [0.15, 0.2) is 23.1 Å². The Morgan fingerprint density at radius 1 is 1.25 bits per heavy atom. The van der Waals surface area contributed by atoms with E-state index in [1.54, 1.807) is 11.8 Å². The Bertz CT molecular complexity index is 353. The van der Waals surface area contributed by atoms with Gasteiger partial charge in [-0.15, -0.1) is 11.8 Å². The van der Waals surface area contributed by atoms with Crippen molar-refractivity contribution in [1.82, 2.24) is 0 Å². The Hall–Kier alpha value is 0.110. The van der Waals surface area contributed by atoms with E-state index in [4.69, 9.17) is 28.9 Å². The summed E-state index contributed by atoms with van der Waals surface area (Å²) in [5, 5.41) is 1.22. The van der Waals surface area contributed by atoms with Crippen LogP contribution in [0.25, 0.3) is 0 Å². The van der Waals surface area contributed by atoms with Crippen molar-refractivity contribution < 1.29 is 0 Å². The van der Waals surface area contributed by atoms with E-state index in [0.717, 1.165) is 23.6 Å². The number of hydrogen-bond acceptors (Lipinski definition) is 2. The maximum Gasteiger partial charge on any atom is 0.0603 e. The first-order valence-corrected chi connectivity index (χ1v) is 6.97. The molecule has 0 aliphatic heterocycles. The topological polar surface area (TPSA) is 26.0 Å². The average molecular weight is 278 g/mol. The minimum atomic E-state index is 0.212. The van der Waals surface area contributed by atoms with Crippen molar-refractivity contribution in [2.24, 2.45) is 11.1 Å². The molecule has 90 valence electrons. The fourth-order valence-corrected chi connectivity index (χ4v) is 2.73. The third-order valence-electron chi connectivity index (χ3n) is 2.49. The summed E-state index contributed by atoms with van der Waals surface area (Å²) in [7, 11) is 0. The van der Waals surface area contributed by atoms with E-state index in [1.807, 2.05) is 18.2 Å². The zero-order valence-electron chi connectivity index (χ0n) is 9.59. The van der Waals surface area contributed by atoms with Crippen molar-refractivity contribution in [2.45, 2.75) is 25.2 Å². The molecule has 0 unspecified atom stereocenters. The quantitative estimate of drug-likeness (QED) is 0.805. The van der Waals surface area contributed by atoms with Gasteiger partial charge in [0.1, 0.15) is 0 Å². The first-order valence-electron chi connectivity index (χ1n) is 5.22. The smallest absolute Gasteiger partial charge is 0.0603 e. The highest BCUT2D eigenvalue weighted by Crippen LogP contribution is 2.30. The van der Waals surface area contributed by atoms with E-state index in [0.29, 0.717) is 10.0 Å². The SMILES string of the molecule is CC(C)(CN)CCSc1ccc(Cl)c(Cl)c1. The molecule has 1 nitrogen and oxygen atoms in total. The summed E-state index contributed by atoms with van der Waals surface area (Å²) in [6.07, 6.45) is 1.09. The predicted molar refractivity (Wildman–Crippen MR) is 74.6 cm³/mol. The van der Waals surface area contributed by atoms with Crippen molar-refractivity contribution in [3.63, 3.8) is 0 Å². The fourth-order valence-electron chi connectivity index (χ4n) is 1.11. The highest BCUT2D eigenvalue weighted by atomic mass is 35.5. The van der Waals surface area contributed by atoms with Crippen molar-refractivity contribution >= 4 is 35.0 Å². The minimum Gasteiger partial charge on any atom is -0.330 e. The average Bonchev–Trinajstić information content (AvgIpc) is 2.23. The molecule has 1 aromatic rings. The van der Waals surface area contributed by atoms with Gasteiger partial charge in [-0.3, -0.25) is 0 Å². The molecule has 16 heavy (non-hydrogen) atoms. The number of hydrogen-bond donors (Lipinski definition) is 1. The lowest BCUT2D eigenvalue weighted by Gasteiger charge is -2.21. The Kier molecular flexibility index (Phi) is 5.45. The van der Waals surface area contributed by atoms with Crippen molar-refractivity contribution in [1.29, 1.82) is 0 Å². The van der Waals surface area contributed by atoms with Gasteiger partial charge < -0.3 is 5.73 Å². The molecule has 0 saturated carbocycles.